The van der Waals surface area contributed by atoms with Crippen molar-refractivity contribution in [3.8, 4) is 0 Å². The zero-order chi connectivity index (χ0) is 20.3. The number of carbonyl (C=O) groups is 4. The van der Waals surface area contributed by atoms with Crippen molar-refractivity contribution in [2.45, 2.75) is 12.5 Å². The largest absolute Gasteiger partial charge is 0.478 e. The van der Waals surface area contributed by atoms with E-state index in [4.69, 9.17) is 0 Å². The lowest BCUT2D eigenvalue weighted by Gasteiger charge is -2.25. The number of carbonyl (C=O) groups excluding carboxylic acids is 3. The van der Waals surface area contributed by atoms with Crippen molar-refractivity contribution >= 4 is 41.1 Å². The Morgan fingerprint density at radius 3 is 2.18 bits per heavy atom. The van der Waals surface area contributed by atoms with Crippen LogP contribution in [0.4, 0.5) is 5.69 Å². The lowest BCUT2D eigenvalue weighted by molar-refractivity contribution is -0.120. The van der Waals surface area contributed by atoms with Crippen LogP contribution >= 0.6 is 11.8 Å². The molecular weight excluding hydrogens is 380 g/mol. The highest BCUT2D eigenvalue weighted by Gasteiger charge is 2.42. The van der Waals surface area contributed by atoms with Crippen LogP contribution in [0.3, 0.4) is 0 Å². The summed E-state index contributed by atoms with van der Waals surface area (Å²) in [6.45, 7) is 0. The van der Waals surface area contributed by atoms with Crippen molar-refractivity contribution in [1.29, 1.82) is 0 Å². The lowest BCUT2D eigenvalue weighted by Crippen LogP contribution is -2.47. The molecule has 144 valence electrons. The topological polar surface area (TPSA) is 104 Å². The molecule has 0 aliphatic carbocycles. The number of fused-ring (bicyclic) bond motifs is 1. The van der Waals surface area contributed by atoms with Crippen molar-refractivity contribution in [2.75, 3.05) is 17.3 Å². The van der Waals surface area contributed by atoms with Gasteiger partial charge in [-0.15, -0.1) is 0 Å². The summed E-state index contributed by atoms with van der Waals surface area (Å²) in [5, 5.41) is 11.9. The second-order valence-electron chi connectivity index (χ2n) is 6.16. The molecule has 0 radical (unpaired) electrons. The minimum atomic E-state index is -1.18. The second-order valence-corrected chi connectivity index (χ2v) is 7.15. The monoisotopic (exact) mass is 398 g/mol. The molecular formula is C20H18N2O5S. The fourth-order valence-electron chi connectivity index (χ4n) is 3.09. The Morgan fingerprint density at radius 2 is 1.61 bits per heavy atom. The van der Waals surface area contributed by atoms with Gasteiger partial charge in [0, 0.05) is 0 Å². The molecule has 1 aliphatic rings. The number of amides is 3. The van der Waals surface area contributed by atoms with Crippen LogP contribution in [0, 0.1) is 0 Å². The van der Waals surface area contributed by atoms with E-state index in [9.17, 15) is 24.3 Å². The van der Waals surface area contributed by atoms with Crippen LogP contribution in [0.25, 0.3) is 0 Å². The summed E-state index contributed by atoms with van der Waals surface area (Å²) >= 11 is 1.48. The summed E-state index contributed by atoms with van der Waals surface area (Å²) in [6, 6.07) is 11.4. The fraction of sp³-hybridized carbons (Fsp3) is 0.200. The Labute approximate surface area is 165 Å². The molecule has 2 aromatic carbocycles. The summed E-state index contributed by atoms with van der Waals surface area (Å²) in [6.07, 6.45) is 2.12. The summed E-state index contributed by atoms with van der Waals surface area (Å²) in [4.78, 5) is 50.9. The minimum absolute atomic E-state index is 0.0678. The van der Waals surface area contributed by atoms with Gasteiger partial charge in [0.25, 0.3) is 11.8 Å². The number of para-hydroxylation sites is 1. The molecule has 8 heteroatoms. The van der Waals surface area contributed by atoms with Gasteiger partial charge in [0.2, 0.25) is 5.91 Å². The number of nitrogens with zero attached hydrogens (tertiary/aromatic N) is 1. The lowest BCUT2D eigenvalue weighted by atomic mass is 10.1. The fourth-order valence-corrected chi connectivity index (χ4v) is 3.55. The van der Waals surface area contributed by atoms with Crippen molar-refractivity contribution in [3.63, 3.8) is 0 Å². The maximum absolute atomic E-state index is 13.0. The average molecular weight is 398 g/mol. The molecule has 1 atom stereocenters. The van der Waals surface area contributed by atoms with Gasteiger partial charge in [-0.3, -0.25) is 19.3 Å². The molecule has 0 saturated carbocycles. The first-order valence-electron chi connectivity index (χ1n) is 8.54. The van der Waals surface area contributed by atoms with Crippen LogP contribution in [0.2, 0.25) is 0 Å². The predicted molar refractivity (Wildman–Crippen MR) is 106 cm³/mol. The first-order valence-corrected chi connectivity index (χ1v) is 9.94. The molecule has 0 fully saturated rings. The Morgan fingerprint density at radius 1 is 1.04 bits per heavy atom. The molecule has 28 heavy (non-hydrogen) atoms. The third-order valence-electron chi connectivity index (χ3n) is 4.45. The van der Waals surface area contributed by atoms with Crippen LogP contribution in [0.5, 0.6) is 0 Å². The maximum atomic E-state index is 13.0. The van der Waals surface area contributed by atoms with Crippen LogP contribution in [0.1, 0.15) is 37.5 Å². The molecule has 0 bridgehead atoms. The van der Waals surface area contributed by atoms with E-state index in [1.54, 1.807) is 36.4 Å². The van der Waals surface area contributed by atoms with Gasteiger partial charge >= 0.3 is 5.97 Å². The van der Waals surface area contributed by atoms with Gasteiger partial charge in [0.05, 0.1) is 22.4 Å². The van der Waals surface area contributed by atoms with Crippen molar-refractivity contribution < 1.29 is 24.3 Å². The van der Waals surface area contributed by atoms with E-state index in [-0.39, 0.29) is 28.8 Å². The normalized spacial score (nSPS) is 14.0. The highest BCUT2D eigenvalue weighted by atomic mass is 32.2. The molecule has 3 amide bonds. The third-order valence-corrected chi connectivity index (χ3v) is 5.09. The predicted octanol–water partition coefficient (Wildman–Crippen LogP) is 2.74. The average Bonchev–Trinajstić information content (AvgIpc) is 2.94. The molecule has 0 aromatic heterocycles. The number of carboxylic acid groups (broad SMARTS) is 1. The number of rotatable bonds is 7. The first-order chi connectivity index (χ1) is 13.5. The third kappa shape index (κ3) is 3.63. The Kier molecular flexibility index (Phi) is 5.79. The number of anilines is 1. The van der Waals surface area contributed by atoms with Crippen LogP contribution in [-0.2, 0) is 4.79 Å². The molecule has 2 N–H and O–H groups in total. The van der Waals surface area contributed by atoms with E-state index >= 15 is 0 Å². The SMILES string of the molecule is CSCC[C@H](C(=O)Nc1ccccc1C(=O)O)N1C(=O)c2ccccc2C1=O. The minimum Gasteiger partial charge on any atom is -0.478 e. The van der Waals surface area contributed by atoms with E-state index in [1.807, 2.05) is 6.26 Å². The maximum Gasteiger partial charge on any atom is 0.337 e. The zero-order valence-corrected chi connectivity index (χ0v) is 15.9. The summed E-state index contributed by atoms with van der Waals surface area (Å²) in [7, 11) is 0. The van der Waals surface area contributed by atoms with Gasteiger partial charge in [0.1, 0.15) is 6.04 Å². The van der Waals surface area contributed by atoms with Crippen molar-refractivity contribution in [3.05, 3.63) is 65.2 Å². The van der Waals surface area contributed by atoms with E-state index in [2.05, 4.69) is 5.32 Å². The van der Waals surface area contributed by atoms with E-state index < -0.39 is 29.7 Å². The molecule has 0 unspecified atom stereocenters. The van der Waals surface area contributed by atoms with Crippen LogP contribution in [-0.4, -0.2) is 51.7 Å². The van der Waals surface area contributed by atoms with Gasteiger partial charge in [-0.05, 0) is 42.7 Å². The highest BCUT2D eigenvalue weighted by Crippen LogP contribution is 2.27. The van der Waals surface area contributed by atoms with Gasteiger partial charge in [0.15, 0.2) is 0 Å². The molecule has 2 aromatic rings. The number of imide groups is 1. The summed E-state index contributed by atoms with van der Waals surface area (Å²) in [5.74, 6) is -2.28. The van der Waals surface area contributed by atoms with Gasteiger partial charge < -0.3 is 10.4 Å². The molecule has 0 saturated heterocycles. The Bertz CT molecular complexity index is 924. The second kappa shape index (κ2) is 8.26. The van der Waals surface area contributed by atoms with E-state index in [0.29, 0.717) is 5.75 Å². The summed E-state index contributed by atoms with van der Waals surface area (Å²) < 4.78 is 0. The van der Waals surface area contributed by atoms with Crippen molar-refractivity contribution in [1.82, 2.24) is 4.90 Å². The molecule has 7 nitrogen and oxygen atoms in total. The summed E-state index contributed by atoms with van der Waals surface area (Å²) in [5.41, 5.74) is 0.577. The standard InChI is InChI=1S/C20H18N2O5S/c1-28-11-10-16(17(23)21-15-9-5-4-8-14(15)20(26)27)22-18(24)12-6-2-3-7-13(12)19(22)25/h2-9,16H,10-11H2,1H3,(H,21,23)(H,26,27)/t16-/m1/s1. The number of carboxylic acids is 1. The number of hydrogen-bond donors (Lipinski definition) is 2. The molecule has 1 aliphatic heterocycles. The van der Waals surface area contributed by atoms with E-state index in [0.717, 1.165) is 4.90 Å². The van der Waals surface area contributed by atoms with Crippen molar-refractivity contribution in [2.24, 2.45) is 0 Å². The van der Waals surface area contributed by atoms with Gasteiger partial charge in [-0.25, -0.2) is 4.79 Å². The number of hydrogen-bond acceptors (Lipinski definition) is 5. The molecule has 1 heterocycles. The smallest absolute Gasteiger partial charge is 0.337 e. The number of nitrogens with one attached hydrogen (secondary N) is 1. The Hall–Kier alpha value is -3.13. The Balaban J connectivity index is 1.91. The number of benzene rings is 2. The van der Waals surface area contributed by atoms with E-state index in [1.165, 1.54) is 23.9 Å². The number of thioether (sulfide) groups is 1. The molecule has 0 spiro atoms. The van der Waals surface area contributed by atoms with Gasteiger partial charge in [-0.1, -0.05) is 24.3 Å². The first kappa shape index (κ1) is 19.6. The quantitative estimate of drug-likeness (QED) is 0.695. The van der Waals surface area contributed by atoms with Gasteiger partial charge in [-0.2, -0.15) is 11.8 Å². The number of aromatic carboxylic acids is 1. The highest BCUT2D eigenvalue weighted by molar-refractivity contribution is 7.98. The molecule has 3 rings (SSSR count). The zero-order valence-electron chi connectivity index (χ0n) is 15.0. The van der Waals surface area contributed by atoms with Crippen LogP contribution in [0.15, 0.2) is 48.5 Å². The van der Waals surface area contributed by atoms with Crippen LogP contribution < -0.4 is 5.32 Å².